The largest absolute Gasteiger partial charge is 0.381 e. The first kappa shape index (κ1) is 18.7. The number of hydrogen-bond donors (Lipinski definition) is 2. The highest BCUT2D eigenvalue weighted by atomic mass is 16.5. The number of rotatable bonds is 8. The van der Waals surface area contributed by atoms with Crippen molar-refractivity contribution in [1.29, 1.82) is 0 Å². The lowest BCUT2D eigenvalue weighted by Crippen LogP contribution is -2.38. The highest BCUT2D eigenvalue weighted by Gasteiger charge is 2.13. The van der Waals surface area contributed by atoms with Crippen molar-refractivity contribution in [2.24, 2.45) is 4.99 Å². The summed E-state index contributed by atoms with van der Waals surface area (Å²) in [7, 11) is 0. The minimum atomic E-state index is 0.225. The molecule has 0 aliphatic carbocycles. The van der Waals surface area contributed by atoms with Gasteiger partial charge in [-0.25, -0.2) is 0 Å². The van der Waals surface area contributed by atoms with Gasteiger partial charge in [-0.1, -0.05) is 30.3 Å². The Morgan fingerprint density at radius 1 is 1.29 bits per heavy atom. The van der Waals surface area contributed by atoms with Crippen LogP contribution in [0.1, 0.15) is 44.7 Å². The van der Waals surface area contributed by atoms with E-state index in [9.17, 15) is 0 Å². The first-order valence-corrected chi connectivity index (χ1v) is 9.08. The third kappa shape index (κ3) is 6.89. The van der Waals surface area contributed by atoms with E-state index in [-0.39, 0.29) is 6.04 Å². The lowest BCUT2D eigenvalue weighted by atomic mass is 10.1. The lowest BCUT2D eigenvalue weighted by molar-refractivity contribution is -0.0318. The molecule has 1 saturated heterocycles. The number of guanidine groups is 1. The fourth-order valence-electron chi connectivity index (χ4n) is 2.70. The standard InChI is InChI=1S/C19H31N3O2/c1-3-20-19(22-16(2)17-8-5-4-6-9-17)21-12-7-13-24-18-10-14-23-15-11-18/h4-6,8-9,16,18H,3,7,10-15H2,1-2H3,(H2,20,21,22). The summed E-state index contributed by atoms with van der Waals surface area (Å²) in [5.74, 6) is 0.861. The molecular weight excluding hydrogens is 302 g/mol. The van der Waals surface area contributed by atoms with Gasteiger partial charge in [0.15, 0.2) is 5.96 Å². The van der Waals surface area contributed by atoms with Crippen molar-refractivity contribution in [3.05, 3.63) is 35.9 Å². The predicted molar refractivity (Wildman–Crippen MR) is 98.4 cm³/mol. The van der Waals surface area contributed by atoms with Gasteiger partial charge in [-0.3, -0.25) is 4.99 Å². The van der Waals surface area contributed by atoms with Crippen LogP contribution in [-0.4, -0.2) is 45.0 Å². The summed E-state index contributed by atoms with van der Waals surface area (Å²) in [5.41, 5.74) is 1.26. The molecule has 0 radical (unpaired) electrons. The molecule has 0 aromatic heterocycles. The Labute approximate surface area is 145 Å². The zero-order valence-corrected chi connectivity index (χ0v) is 15.0. The van der Waals surface area contributed by atoms with Gasteiger partial charge in [0, 0.05) is 32.9 Å². The molecule has 1 aromatic carbocycles. The molecule has 5 heteroatoms. The summed E-state index contributed by atoms with van der Waals surface area (Å²) >= 11 is 0. The van der Waals surface area contributed by atoms with Crippen LogP contribution < -0.4 is 10.6 Å². The van der Waals surface area contributed by atoms with Crippen molar-refractivity contribution in [2.45, 2.75) is 45.3 Å². The van der Waals surface area contributed by atoms with Gasteiger partial charge in [0.05, 0.1) is 12.1 Å². The van der Waals surface area contributed by atoms with E-state index < -0.39 is 0 Å². The molecule has 1 unspecified atom stereocenters. The summed E-state index contributed by atoms with van der Waals surface area (Å²) in [4.78, 5) is 4.65. The molecule has 2 rings (SSSR count). The summed E-state index contributed by atoms with van der Waals surface area (Å²) < 4.78 is 11.2. The van der Waals surface area contributed by atoms with Crippen LogP contribution in [0.5, 0.6) is 0 Å². The van der Waals surface area contributed by atoms with Gasteiger partial charge < -0.3 is 20.1 Å². The maximum absolute atomic E-state index is 5.89. The lowest BCUT2D eigenvalue weighted by Gasteiger charge is -2.22. The number of nitrogens with zero attached hydrogens (tertiary/aromatic N) is 1. The van der Waals surface area contributed by atoms with E-state index in [2.05, 4.69) is 53.7 Å². The van der Waals surface area contributed by atoms with Gasteiger partial charge >= 0.3 is 0 Å². The Morgan fingerprint density at radius 2 is 2.04 bits per heavy atom. The molecule has 0 bridgehead atoms. The molecule has 1 aliphatic heterocycles. The second-order valence-corrected chi connectivity index (χ2v) is 6.07. The van der Waals surface area contributed by atoms with Crippen LogP contribution in [0.2, 0.25) is 0 Å². The number of aliphatic imine (C=N–C) groups is 1. The van der Waals surface area contributed by atoms with E-state index in [1.165, 1.54) is 5.56 Å². The van der Waals surface area contributed by atoms with Gasteiger partial charge in [-0.15, -0.1) is 0 Å². The molecule has 0 saturated carbocycles. The average molecular weight is 333 g/mol. The maximum Gasteiger partial charge on any atom is 0.191 e. The molecule has 2 N–H and O–H groups in total. The van der Waals surface area contributed by atoms with Crippen LogP contribution in [0, 0.1) is 0 Å². The van der Waals surface area contributed by atoms with Gasteiger partial charge in [-0.2, -0.15) is 0 Å². The minimum Gasteiger partial charge on any atom is -0.381 e. The van der Waals surface area contributed by atoms with Gasteiger partial charge in [0.1, 0.15) is 0 Å². The Kier molecular flexibility index (Phi) is 8.63. The molecule has 1 atom stereocenters. The van der Waals surface area contributed by atoms with Crippen molar-refractivity contribution in [1.82, 2.24) is 10.6 Å². The first-order chi connectivity index (χ1) is 11.8. The molecule has 134 valence electrons. The van der Waals surface area contributed by atoms with E-state index in [4.69, 9.17) is 9.47 Å². The Hall–Kier alpha value is -1.59. The normalized spacial score (nSPS) is 17.5. The van der Waals surface area contributed by atoms with Crippen molar-refractivity contribution in [2.75, 3.05) is 32.9 Å². The Morgan fingerprint density at radius 3 is 2.75 bits per heavy atom. The molecule has 1 fully saturated rings. The Balaban J connectivity index is 1.71. The number of hydrogen-bond acceptors (Lipinski definition) is 3. The first-order valence-electron chi connectivity index (χ1n) is 9.08. The third-order valence-corrected chi connectivity index (χ3v) is 4.09. The summed E-state index contributed by atoms with van der Waals surface area (Å²) in [6.45, 7) is 8.27. The monoisotopic (exact) mass is 333 g/mol. The van der Waals surface area contributed by atoms with Crippen molar-refractivity contribution in [3.63, 3.8) is 0 Å². The zero-order valence-electron chi connectivity index (χ0n) is 15.0. The van der Waals surface area contributed by atoms with Crippen LogP contribution in [0.15, 0.2) is 35.3 Å². The zero-order chi connectivity index (χ0) is 17.0. The third-order valence-electron chi connectivity index (χ3n) is 4.09. The average Bonchev–Trinajstić information content (AvgIpc) is 2.63. The summed E-state index contributed by atoms with van der Waals surface area (Å²) in [6, 6.07) is 10.6. The topological polar surface area (TPSA) is 54.9 Å². The van der Waals surface area contributed by atoms with Crippen molar-refractivity contribution < 1.29 is 9.47 Å². The quantitative estimate of drug-likeness (QED) is 0.436. The summed E-state index contributed by atoms with van der Waals surface area (Å²) in [6.07, 6.45) is 3.34. The Bertz CT molecular complexity index is 473. The van der Waals surface area contributed by atoms with E-state index in [1.54, 1.807) is 0 Å². The molecular formula is C19H31N3O2. The van der Waals surface area contributed by atoms with Gasteiger partial charge in [0.25, 0.3) is 0 Å². The number of ether oxygens (including phenoxy) is 2. The molecule has 24 heavy (non-hydrogen) atoms. The van der Waals surface area contributed by atoms with Crippen molar-refractivity contribution in [3.8, 4) is 0 Å². The highest BCUT2D eigenvalue weighted by Crippen LogP contribution is 2.11. The highest BCUT2D eigenvalue weighted by molar-refractivity contribution is 5.80. The van der Waals surface area contributed by atoms with Crippen LogP contribution in [0.3, 0.4) is 0 Å². The van der Waals surface area contributed by atoms with E-state index in [0.29, 0.717) is 6.10 Å². The molecule has 1 aliphatic rings. The van der Waals surface area contributed by atoms with Crippen LogP contribution in [0.25, 0.3) is 0 Å². The molecule has 0 amide bonds. The second-order valence-electron chi connectivity index (χ2n) is 6.07. The second kappa shape index (κ2) is 11.0. The van der Waals surface area contributed by atoms with E-state index in [1.807, 2.05) is 6.07 Å². The van der Waals surface area contributed by atoms with Crippen molar-refractivity contribution >= 4 is 5.96 Å². The van der Waals surface area contributed by atoms with Gasteiger partial charge in [-0.05, 0) is 38.7 Å². The predicted octanol–water partition coefficient (Wildman–Crippen LogP) is 2.89. The maximum atomic E-state index is 5.89. The van der Waals surface area contributed by atoms with E-state index >= 15 is 0 Å². The molecule has 1 heterocycles. The smallest absolute Gasteiger partial charge is 0.191 e. The number of benzene rings is 1. The SMILES string of the molecule is CCNC(=NCCCOC1CCOCC1)NC(C)c1ccccc1. The fraction of sp³-hybridized carbons (Fsp3) is 0.632. The fourth-order valence-corrected chi connectivity index (χ4v) is 2.70. The molecule has 1 aromatic rings. The minimum absolute atomic E-state index is 0.225. The van der Waals surface area contributed by atoms with Gasteiger partial charge in [0.2, 0.25) is 0 Å². The van der Waals surface area contributed by atoms with Crippen LogP contribution in [-0.2, 0) is 9.47 Å². The number of nitrogens with one attached hydrogen (secondary N) is 2. The molecule has 5 nitrogen and oxygen atoms in total. The van der Waals surface area contributed by atoms with E-state index in [0.717, 1.165) is 58.1 Å². The van der Waals surface area contributed by atoms with Crippen LogP contribution >= 0.6 is 0 Å². The molecule has 0 spiro atoms. The summed E-state index contributed by atoms with van der Waals surface area (Å²) in [5, 5.41) is 6.76. The van der Waals surface area contributed by atoms with Crippen LogP contribution in [0.4, 0.5) is 0 Å².